The van der Waals surface area contributed by atoms with Crippen molar-refractivity contribution < 1.29 is 9.59 Å². The monoisotopic (exact) mass is 359 g/mol. The van der Waals surface area contributed by atoms with E-state index in [1.165, 1.54) is 6.07 Å². The lowest BCUT2D eigenvalue weighted by atomic mass is 9.78. The van der Waals surface area contributed by atoms with Gasteiger partial charge in [0.15, 0.2) is 0 Å². The van der Waals surface area contributed by atoms with Gasteiger partial charge in [0.2, 0.25) is 11.8 Å². The normalized spacial score (nSPS) is 23.3. The van der Waals surface area contributed by atoms with E-state index in [1.807, 2.05) is 22.8 Å². The number of amides is 2. The first-order chi connectivity index (χ1) is 12.3. The number of pyridine rings is 1. The summed E-state index contributed by atoms with van der Waals surface area (Å²) in [6.45, 7) is 8.35. The predicted molar refractivity (Wildman–Crippen MR) is 99.8 cm³/mol. The Morgan fingerprint density at radius 2 is 1.96 bits per heavy atom. The Hall–Kier alpha value is -2.11. The molecule has 2 aliphatic heterocycles. The molecule has 6 nitrogen and oxygen atoms in total. The molecular formula is C20H29N3O3. The quantitative estimate of drug-likeness (QED) is 0.823. The number of carbonyl (C=O) groups excluding carboxylic acids is 2. The molecule has 26 heavy (non-hydrogen) atoms. The third kappa shape index (κ3) is 3.41. The highest BCUT2D eigenvalue weighted by molar-refractivity contribution is 5.86. The van der Waals surface area contributed by atoms with Gasteiger partial charge in [-0.05, 0) is 46.1 Å². The van der Waals surface area contributed by atoms with Crippen molar-refractivity contribution in [2.24, 2.45) is 5.41 Å². The molecule has 0 saturated carbocycles. The number of hydrogen-bond acceptors (Lipinski definition) is 3. The first-order valence-electron chi connectivity index (χ1n) is 9.59. The van der Waals surface area contributed by atoms with Crippen LogP contribution in [0.25, 0.3) is 0 Å². The van der Waals surface area contributed by atoms with Crippen LogP contribution in [0.3, 0.4) is 0 Å². The highest BCUT2D eigenvalue weighted by Gasteiger charge is 2.49. The van der Waals surface area contributed by atoms with Crippen molar-refractivity contribution in [3.8, 4) is 0 Å². The molecule has 2 amide bonds. The number of aryl methyl sites for hydroxylation is 1. The van der Waals surface area contributed by atoms with Crippen LogP contribution in [-0.4, -0.2) is 51.9 Å². The lowest BCUT2D eigenvalue weighted by molar-refractivity contribution is -0.148. The van der Waals surface area contributed by atoms with Crippen LogP contribution in [0.15, 0.2) is 23.0 Å². The van der Waals surface area contributed by atoms with Crippen LogP contribution in [0.4, 0.5) is 0 Å². The summed E-state index contributed by atoms with van der Waals surface area (Å²) >= 11 is 0. The van der Waals surface area contributed by atoms with Gasteiger partial charge in [-0.15, -0.1) is 0 Å². The van der Waals surface area contributed by atoms with E-state index in [2.05, 4.69) is 13.8 Å². The molecule has 0 aromatic carbocycles. The number of piperidine rings is 1. The van der Waals surface area contributed by atoms with E-state index in [0.717, 1.165) is 31.5 Å². The largest absolute Gasteiger partial charge is 0.342 e. The smallest absolute Gasteiger partial charge is 0.250 e. The minimum atomic E-state index is -0.391. The molecule has 3 rings (SSSR count). The van der Waals surface area contributed by atoms with Gasteiger partial charge >= 0.3 is 0 Å². The van der Waals surface area contributed by atoms with Crippen LogP contribution < -0.4 is 5.56 Å². The zero-order valence-corrected chi connectivity index (χ0v) is 16.0. The lowest BCUT2D eigenvalue weighted by Gasteiger charge is -2.41. The molecule has 0 aliphatic carbocycles. The fourth-order valence-corrected chi connectivity index (χ4v) is 4.33. The number of carbonyl (C=O) groups is 2. The van der Waals surface area contributed by atoms with Gasteiger partial charge in [-0.3, -0.25) is 14.4 Å². The van der Waals surface area contributed by atoms with Crippen molar-refractivity contribution >= 4 is 11.8 Å². The van der Waals surface area contributed by atoms with E-state index in [1.54, 1.807) is 10.6 Å². The van der Waals surface area contributed by atoms with E-state index >= 15 is 0 Å². The van der Waals surface area contributed by atoms with Crippen molar-refractivity contribution in [2.75, 3.05) is 19.6 Å². The summed E-state index contributed by atoms with van der Waals surface area (Å²) in [6.07, 6.45) is 2.93. The summed E-state index contributed by atoms with van der Waals surface area (Å²) in [7, 11) is 0. The Morgan fingerprint density at radius 3 is 2.65 bits per heavy atom. The van der Waals surface area contributed by atoms with Gasteiger partial charge in [0, 0.05) is 50.4 Å². The van der Waals surface area contributed by atoms with Crippen LogP contribution in [0.1, 0.15) is 45.2 Å². The number of nitrogens with zero attached hydrogens (tertiary/aromatic N) is 3. The second-order valence-corrected chi connectivity index (χ2v) is 7.95. The van der Waals surface area contributed by atoms with Crippen molar-refractivity contribution in [3.63, 3.8) is 0 Å². The first-order valence-corrected chi connectivity index (χ1v) is 9.59. The van der Waals surface area contributed by atoms with Crippen LogP contribution >= 0.6 is 0 Å². The SMILES string of the molecule is Cc1cccc(=O)n1CCC(=O)N1CC[C@]2(CCCN(C(C)C)C2=O)C1. The predicted octanol–water partition coefficient (Wildman–Crippen LogP) is 1.80. The highest BCUT2D eigenvalue weighted by atomic mass is 16.2. The molecular weight excluding hydrogens is 330 g/mol. The summed E-state index contributed by atoms with van der Waals surface area (Å²) in [4.78, 5) is 41.4. The van der Waals surface area contributed by atoms with Crippen molar-refractivity contribution in [3.05, 3.63) is 34.2 Å². The molecule has 1 aromatic rings. The van der Waals surface area contributed by atoms with E-state index in [4.69, 9.17) is 0 Å². The molecule has 0 unspecified atom stereocenters. The average Bonchev–Trinajstić information content (AvgIpc) is 3.02. The Kier molecular flexibility index (Phi) is 5.21. The molecule has 2 aliphatic rings. The van der Waals surface area contributed by atoms with E-state index in [9.17, 15) is 14.4 Å². The molecule has 2 fully saturated rings. The maximum absolute atomic E-state index is 13.0. The zero-order chi connectivity index (χ0) is 18.9. The fourth-order valence-electron chi connectivity index (χ4n) is 4.33. The van der Waals surface area contributed by atoms with Crippen LogP contribution in [0.5, 0.6) is 0 Å². The van der Waals surface area contributed by atoms with Gasteiger partial charge in [-0.2, -0.15) is 0 Å². The molecule has 1 atom stereocenters. The fraction of sp³-hybridized carbons (Fsp3) is 0.650. The molecule has 2 saturated heterocycles. The Morgan fingerprint density at radius 1 is 1.19 bits per heavy atom. The third-order valence-corrected chi connectivity index (χ3v) is 5.92. The summed E-state index contributed by atoms with van der Waals surface area (Å²) in [6, 6.07) is 5.33. The minimum absolute atomic E-state index is 0.0338. The zero-order valence-electron chi connectivity index (χ0n) is 16.0. The summed E-state index contributed by atoms with van der Waals surface area (Å²) < 4.78 is 1.63. The number of rotatable bonds is 4. The topological polar surface area (TPSA) is 62.6 Å². The standard InChI is InChI=1S/C20H29N3O3/c1-15(2)22-11-5-9-20(19(22)26)10-13-21(14-20)17(24)8-12-23-16(3)6-4-7-18(23)25/h4,6-7,15H,5,8-14H2,1-3H3/t20-/m1/s1. The number of hydrogen-bond donors (Lipinski definition) is 0. The van der Waals surface area contributed by atoms with Gasteiger partial charge in [-0.1, -0.05) is 6.07 Å². The summed E-state index contributed by atoms with van der Waals surface area (Å²) in [5, 5.41) is 0. The second kappa shape index (κ2) is 7.25. The van der Waals surface area contributed by atoms with E-state index < -0.39 is 5.41 Å². The van der Waals surface area contributed by atoms with Crippen LogP contribution in [-0.2, 0) is 16.1 Å². The van der Waals surface area contributed by atoms with E-state index in [0.29, 0.717) is 26.1 Å². The lowest BCUT2D eigenvalue weighted by Crippen LogP contribution is -2.52. The third-order valence-electron chi connectivity index (χ3n) is 5.92. The Bertz CT molecular complexity index is 755. The first kappa shape index (κ1) is 18.7. The second-order valence-electron chi connectivity index (χ2n) is 7.95. The number of likely N-dealkylation sites (tertiary alicyclic amines) is 2. The molecule has 1 spiro atoms. The summed E-state index contributed by atoms with van der Waals surface area (Å²) in [5.41, 5.74) is 0.390. The summed E-state index contributed by atoms with van der Waals surface area (Å²) in [5.74, 6) is 0.246. The van der Waals surface area contributed by atoms with E-state index in [-0.39, 0.29) is 23.4 Å². The van der Waals surface area contributed by atoms with Crippen molar-refractivity contribution in [1.29, 1.82) is 0 Å². The van der Waals surface area contributed by atoms with Crippen LogP contribution in [0, 0.1) is 12.3 Å². The molecule has 0 bridgehead atoms. The maximum atomic E-state index is 13.0. The molecule has 0 radical (unpaired) electrons. The molecule has 1 aromatic heterocycles. The molecule has 6 heteroatoms. The number of aromatic nitrogens is 1. The maximum Gasteiger partial charge on any atom is 0.250 e. The Balaban J connectivity index is 1.64. The van der Waals surface area contributed by atoms with Gasteiger partial charge in [0.1, 0.15) is 0 Å². The molecule has 3 heterocycles. The van der Waals surface area contributed by atoms with Gasteiger partial charge in [-0.25, -0.2) is 0 Å². The van der Waals surface area contributed by atoms with Gasteiger partial charge in [0.25, 0.3) is 5.56 Å². The van der Waals surface area contributed by atoms with Gasteiger partial charge < -0.3 is 14.4 Å². The van der Waals surface area contributed by atoms with Crippen molar-refractivity contribution in [2.45, 2.75) is 59.0 Å². The van der Waals surface area contributed by atoms with Crippen molar-refractivity contribution in [1.82, 2.24) is 14.4 Å². The molecule has 142 valence electrons. The van der Waals surface area contributed by atoms with Crippen LogP contribution in [0.2, 0.25) is 0 Å². The molecule has 0 N–H and O–H groups in total. The highest BCUT2D eigenvalue weighted by Crippen LogP contribution is 2.40. The van der Waals surface area contributed by atoms with Gasteiger partial charge in [0.05, 0.1) is 5.41 Å². The minimum Gasteiger partial charge on any atom is -0.342 e. The Labute approximate surface area is 154 Å². The average molecular weight is 359 g/mol.